The lowest BCUT2D eigenvalue weighted by molar-refractivity contribution is 0.0430. The van der Waals surface area contributed by atoms with E-state index in [9.17, 15) is 4.79 Å². The van der Waals surface area contributed by atoms with Gasteiger partial charge in [0, 0.05) is 38.4 Å². The number of carbonyl (C=O) groups excluding carboxylic acids is 1. The minimum atomic E-state index is -0.431. The van der Waals surface area contributed by atoms with Crippen molar-refractivity contribution in [1.29, 1.82) is 0 Å². The van der Waals surface area contributed by atoms with Gasteiger partial charge in [-0.1, -0.05) is 6.07 Å². The van der Waals surface area contributed by atoms with E-state index in [4.69, 9.17) is 15.2 Å². The Kier molecular flexibility index (Phi) is 5.41. The first-order valence-corrected chi connectivity index (χ1v) is 7.12. The van der Waals surface area contributed by atoms with Crippen molar-refractivity contribution in [2.24, 2.45) is 0 Å². The Morgan fingerprint density at radius 2 is 2.00 bits per heavy atom. The largest absolute Gasteiger partial charge is 0.496 e. The molecule has 0 spiro atoms. The van der Waals surface area contributed by atoms with Gasteiger partial charge in [-0.15, -0.1) is 0 Å². The minimum Gasteiger partial charge on any atom is -0.496 e. The molecule has 1 heterocycles. The van der Waals surface area contributed by atoms with Crippen LogP contribution in [0, 0.1) is 0 Å². The van der Waals surface area contributed by atoms with Crippen molar-refractivity contribution < 1.29 is 14.3 Å². The van der Waals surface area contributed by atoms with E-state index in [0.717, 1.165) is 32.7 Å². The van der Waals surface area contributed by atoms with E-state index in [1.165, 1.54) is 7.11 Å². The molecule has 1 aromatic rings. The molecule has 0 aliphatic carbocycles. The Labute approximate surface area is 125 Å². The van der Waals surface area contributed by atoms with Gasteiger partial charge in [-0.2, -0.15) is 0 Å². The van der Waals surface area contributed by atoms with Crippen molar-refractivity contribution in [3.63, 3.8) is 0 Å². The van der Waals surface area contributed by atoms with E-state index in [0.29, 0.717) is 23.6 Å². The molecule has 1 fully saturated rings. The Morgan fingerprint density at radius 1 is 1.29 bits per heavy atom. The van der Waals surface area contributed by atoms with Crippen LogP contribution in [0.1, 0.15) is 10.4 Å². The fourth-order valence-corrected chi connectivity index (χ4v) is 2.35. The molecular formula is C15H23N3O3. The predicted molar refractivity (Wildman–Crippen MR) is 81.6 cm³/mol. The van der Waals surface area contributed by atoms with Gasteiger partial charge in [-0.3, -0.25) is 4.90 Å². The number of anilines is 1. The van der Waals surface area contributed by atoms with Gasteiger partial charge in [0.25, 0.3) is 0 Å². The molecule has 0 saturated carbocycles. The van der Waals surface area contributed by atoms with Gasteiger partial charge in [-0.25, -0.2) is 4.79 Å². The summed E-state index contributed by atoms with van der Waals surface area (Å²) in [6.45, 7) is 5.21. The maximum atomic E-state index is 12.1. The molecule has 6 nitrogen and oxygen atoms in total. The quantitative estimate of drug-likeness (QED) is 0.636. The summed E-state index contributed by atoms with van der Waals surface area (Å²) in [5.41, 5.74) is 6.51. The first-order chi connectivity index (χ1) is 10.1. The molecule has 0 amide bonds. The summed E-state index contributed by atoms with van der Waals surface area (Å²) in [5, 5.41) is 0. The molecule has 21 heavy (non-hydrogen) atoms. The molecule has 0 aromatic heterocycles. The smallest absolute Gasteiger partial charge is 0.344 e. The predicted octanol–water partition coefficient (Wildman–Crippen LogP) is 0.682. The van der Waals surface area contributed by atoms with Crippen molar-refractivity contribution in [3.05, 3.63) is 23.8 Å². The zero-order chi connectivity index (χ0) is 15.2. The first kappa shape index (κ1) is 15.6. The highest BCUT2D eigenvalue weighted by Gasteiger charge is 2.18. The molecule has 6 heteroatoms. The third kappa shape index (κ3) is 4.09. The first-order valence-electron chi connectivity index (χ1n) is 7.12. The van der Waals surface area contributed by atoms with E-state index < -0.39 is 5.97 Å². The number of likely N-dealkylation sites (N-methyl/N-ethyl adjacent to an activating group) is 1. The molecule has 1 aliphatic rings. The van der Waals surface area contributed by atoms with E-state index >= 15 is 0 Å². The second-order valence-electron chi connectivity index (χ2n) is 5.21. The van der Waals surface area contributed by atoms with E-state index in [1.807, 2.05) is 0 Å². The van der Waals surface area contributed by atoms with Crippen molar-refractivity contribution in [3.8, 4) is 5.75 Å². The van der Waals surface area contributed by atoms with Gasteiger partial charge in [0.05, 0.1) is 7.11 Å². The lowest BCUT2D eigenvalue weighted by atomic mass is 10.1. The van der Waals surface area contributed by atoms with E-state index in [-0.39, 0.29) is 0 Å². The third-order valence-corrected chi connectivity index (χ3v) is 3.72. The zero-order valence-electron chi connectivity index (χ0n) is 12.7. The summed E-state index contributed by atoms with van der Waals surface area (Å²) >= 11 is 0. The highest BCUT2D eigenvalue weighted by molar-refractivity contribution is 5.98. The van der Waals surface area contributed by atoms with Gasteiger partial charge in [0.2, 0.25) is 0 Å². The van der Waals surface area contributed by atoms with Crippen molar-refractivity contribution in [2.45, 2.75) is 0 Å². The summed E-state index contributed by atoms with van der Waals surface area (Å²) in [7, 11) is 3.62. The molecule has 1 saturated heterocycles. The number of esters is 1. The number of nitrogens with zero attached hydrogens (tertiary/aromatic N) is 2. The fraction of sp³-hybridized carbons (Fsp3) is 0.533. The standard InChI is InChI=1S/C15H23N3O3/c1-17-6-8-18(9-7-17)10-11-21-15(19)14-12(16)4-3-5-13(14)20-2/h3-5H,6-11,16H2,1-2H3. The highest BCUT2D eigenvalue weighted by atomic mass is 16.5. The summed E-state index contributed by atoms with van der Waals surface area (Å²) < 4.78 is 10.5. The van der Waals surface area contributed by atoms with Crippen molar-refractivity contribution in [2.75, 3.05) is 59.2 Å². The van der Waals surface area contributed by atoms with Crippen molar-refractivity contribution >= 4 is 11.7 Å². The molecule has 0 bridgehead atoms. The van der Waals surface area contributed by atoms with Gasteiger partial charge in [0.15, 0.2) is 0 Å². The van der Waals surface area contributed by atoms with Crippen LogP contribution in [0.25, 0.3) is 0 Å². The number of piperazine rings is 1. The number of rotatable bonds is 5. The van der Waals surface area contributed by atoms with Gasteiger partial charge < -0.3 is 20.1 Å². The van der Waals surface area contributed by atoms with Gasteiger partial charge in [-0.05, 0) is 19.2 Å². The number of nitrogen functional groups attached to an aromatic ring is 1. The Hall–Kier alpha value is -1.79. The fourth-order valence-electron chi connectivity index (χ4n) is 2.35. The number of ether oxygens (including phenoxy) is 2. The molecule has 2 N–H and O–H groups in total. The third-order valence-electron chi connectivity index (χ3n) is 3.72. The number of hydrogen-bond acceptors (Lipinski definition) is 6. The molecule has 1 aromatic carbocycles. The molecule has 0 unspecified atom stereocenters. The number of nitrogens with two attached hydrogens (primary N) is 1. The Balaban J connectivity index is 1.85. The normalized spacial score (nSPS) is 16.7. The zero-order valence-corrected chi connectivity index (χ0v) is 12.7. The lowest BCUT2D eigenvalue weighted by Gasteiger charge is -2.32. The van der Waals surface area contributed by atoms with E-state index in [1.54, 1.807) is 18.2 Å². The average molecular weight is 293 g/mol. The second kappa shape index (κ2) is 7.28. The van der Waals surface area contributed by atoms with E-state index in [2.05, 4.69) is 16.8 Å². The Bertz CT molecular complexity index is 485. The average Bonchev–Trinajstić information content (AvgIpc) is 2.48. The highest BCUT2D eigenvalue weighted by Crippen LogP contribution is 2.24. The molecule has 2 rings (SSSR count). The lowest BCUT2D eigenvalue weighted by Crippen LogP contribution is -2.45. The number of hydrogen-bond donors (Lipinski definition) is 1. The summed E-state index contributed by atoms with van der Waals surface area (Å²) in [6.07, 6.45) is 0. The van der Waals surface area contributed by atoms with Crippen LogP contribution in [0.5, 0.6) is 5.75 Å². The molecule has 1 aliphatic heterocycles. The summed E-state index contributed by atoms with van der Waals surface area (Å²) in [6, 6.07) is 5.11. The SMILES string of the molecule is COc1cccc(N)c1C(=O)OCCN1CCN(C)CC1. The molecule has 0 atom stereocenters. The molecular weight excluding hydrogens is 270 g/mol. The second-order valence-corrected chi connectivity index (χ2v) is 5.21. The van der Waals surface area contributed by atoms with Crippen LogP contribution in [-0.4, -0.2) is 69.3 Å². The summed E-state index contributed by atoms with van der Waals surface area (Å²) in [4.78, 5) is 16.7. The number of benzene rings is 1. The van der Waals surface area contributed by atoms with Crippen LogP contribution in [-0.2, 0) is 4.74 Å². The monoisotopic (exact) mass is 293 g/mol. The maximum absolute atomic E-state index is 12.1. The molecule has 0 radical (unpaired) electrons. The maximum Gasteiger partial charge on any atom is 0.344 e. The van der Waals surface area contributed by atoms with Crippen LogP contribution < -0.4 is 10.5 Å². The topological polar surface area (TPSA) is 68.0 Å². The van der Waals surface area contributed by atoms with Crippen LogP contribution in [0.4, 0.5) is 5.69 Å². The molecule has 116 valence electrons. The minimum absolute atomic E-state index is 0.304. The van der Waals surface area contributed by atoms with Crippen molar-refractivity contribution in [1.82, 2.24) is 9.80 Å². The van der Waals surface area contributed by atoms with Gasteiger partial charge in [0.1, 0.15) is 17.9 Å². The Morgan fingerprint density at radius 3 is 2.67 bits per heavy atom. The number of methoxy groups -OCH3 is 1. The summed E-state index contributed by atoms with van der Waals surface area (Å²) in [5.74, 6) is 0.0127. The number of carbonyl (C=O) groups is 1. The van der Waals surface area contributed by atoms with Gasteiger partial charge >= 0.3 is 5.97 Å². The van der Waals surface area contributed by atoms with Crippen LogP contribution >= 0.6 is 0 Å². The van der Waals surface area contributed by atoms with Crippen LogP contribution in [0.3, 0.4) is 0 Å². The van der Waals surface area contributed by atoms with Crippen LogP contribution in [0.15, 0.2) is 18.2 Å². The van der Waals surface area contributed by atoms with Crippen LogP contribution in [0.2, 0.25) is 0 Å².